The monoisotopic (exact) mass is 250 g/mol. The van der Waals surface area contributed by atoms with Crippen molar-refractivity contribution >= 4 is 0 Å². The van der Waals surface area contributed by atoms with E-state index in [1.54, 1.807) is 13.2 Å². The number of ether oxygens (including phenoxy) is 2. The van der Waals surface area contributed by atoms with Gasteiger partial charge >= 0.3 is 0 Å². The highest BCUT2D eigenvalue weighted by atomic mass is 16.5. The van der Waals surface area contributed by atoms with E-state index in [4.69, 9.17) is 9.47 Å². The lowest BCUT2D eigenvalue weighted by atomic mass is 10.1. The summed E-state index contributed by atoms with van der Waals surface area (Å²) in [6, 6.07) is 7.82. The first-order chi connectivity index (χ1) is 8.65. The van der Waals surface area contributed by atoms with Crippen molar-refractivity contribution in [1.29, 1.82) is 0 Å². The fourth-order valence-electron chi connectivity index (χ4n) is 1.57. The number of aliphatic hydroxyl groups is 1. The second kappa shape index (κ2) is 7.90. The molecule has 0 aromatic heterocycles. The van der Waals surface area contributed by atoms with Gasteiger partial charge in [-0.25, -0.2) is 0 Å². The van der Waals surface area contributed by atoms with Crippen molar-refractivity contribution in [2.24, 2.45) is 0 Å². The van der Waals surface area contributed by atoms with Crippen molar-refractivity contribution < 1.29 is 14.6 Å². The van der Waals surface area contributed by atoms with Gasteiger partial charge in [-0.15, -0.1) is 6.58 Å². The normalized spacial score (nSPS) is 13.9. The summed E-state index contributed by atoms with van der Waals surface area (Å²) < 4.78 is 10.8. The SMILES string of the molecule is C=C[C@@H](O)CC[C@H](C)OCc1ccc(OC)cc1. The maximum Gasteiger partial charge on any atom is 0.118 e. The van der Waals surface area contributed by atoms with E-state index in [2.05, 4.69) is 6.58 Å². The quantitative estimate of drug-likeness (QED) is 0.721. The molecular formula is C15H22O3. The van der Waals surface area contributed by atoms with Crippen LogP contribution >= 0.6 is 0 Å². The molecule has 3 nitrogen and oxygen atoms in total. The van der Waals surface area contributed by atoms with E-state index < -0.39 is 6.10 Å². The van der Waals surface area contributed by atoms with Crippen molar-refractivity contribution in [3.63, 3.8) is 0 Å². The number of methoxy groups -OCH3 is 1. The molecule has 0 unspecified atom stereocenters. The van der Waals surface area contributed by atoms with Gasteiger partial charge in [0.05, 0.1) is 25.9 Å². The number of aliphatic hydroxyl groups excluding tert-OH is 1. The molecule has 0 saturated heterocycles. The lowest BCUT2D eigenvalue weighted by molar-refractivity contribution is 0.0393. The second-order valence-corrected chi connectivity index (χ2v) is 4.35. The highest BCUT2D eigenvalue weighted by molar-refractivity contribution is 5.26. The number of benzene rings is 1. The molecule has 0 radical (unpaired) electrons. The molecule has 1 aromatic rings. The third kappa shape index (κ3) is 5.34. The minimum atomic E-state index is -0.433. The summed E-state index contributed by atoms with van der Waals surface area (Å²) in [5.41, 5.74) is 1.12. The Hall–Kier alpha value is -1.32. The smallest absolute Gasteiger partial charge is 0.118 e. The van der Waals surface area contributed by atoms with Crippen molar-refractivity contribution in [3.05, 3.63) is 42.5 Å². The third-order valence-corrected chi connectivity index (χ3v) is 2.83. The van der Waals surface area contributed by atoms with E-state index in [1.807, 2.05) is 31.2 Å². The van der Waals surface area contributed by atoms with E-state index in [1.165, 1.54) is 0 Å². The Balaban J connectivity index is 2.28. The van der Waals surface area contributed by atoms with Crippen LogP contribution in [0.25, 0.3) is 0 Å². The molecule has 0 aliphatic carbocycles. The molecule has 0 amide bonds. The molecule has 0 spiro atoms. The predicted octanol–water partition coefficient (Wildman–Crippen LogP) is 2.93. The van der Waals surface area contributed by atoms with Gasteiger partial charge in [-0.05, 0) is 37.5 Å². The highest BCUT2D eigenvalue weighted by Crippen LogP contribution is 2.13. The van der Waals surface area contributed by atoms with Crippen LogP contribution in [0.5, 0.6) is 5.75 Å². The van der Waals surface area contributed by atoms with Gasteiger partial charge in [0.2, 0.25) is 0 Å². The van der Waals surface area contributed by atoms with E-state index in [-0.39, 0.29) is 6.10 Å². The Morgan fingerprint density at radius 2 is 1.94 bits per heavy atom. The van der Waals surface area contributed by atoms with E-state index in [9.17, 15) is 5.11 Å². The summed E-state index contributed by atoms with van der Waals surface area (Å²) in [5.74, 6) is 0.848. The molecule has 0 aliphatic heterocycles. The third-order valence-electron chi connectivity index (χ3n) is 2.83. The van der Waals surface area contributed by atoms with E-state index >= 15 is 0 Å². The summed E-state index contributed by atoms with van der Waals surface area (Å²) in [6.45, 7) is 6.14. The molecule has 0 aliphatic rings. The summed E-state index contributed by atoms with van der Waals surface area (Å²) in [4.78, 5) is 0. The molecule has 0 heterocycles. The zero-order chi connectivity index (χ0) is 13.4. The van der Waals surface area contributed by atoms with Gasteiger partial charge in [0.25, 0.3) is 0 Å². The highest BCUT2D eigenvalue weighted by Gasteiger charge is 2.06. The summed E-state index contributed by atoms with van der Waals surface area (Å²) >= 11 is 0. The van der Waals surface area contributed by atoms with E-state index in [0.29, 0.717) is 13.0 Å². The Kier molecular flexibility index (Phi) is 6.47. The topological polar surface area (TPSA) is 38.7 Å². The van der Waals surface area contributed by atoms with Gasteiger partial charge in [0, 0.05) is 0 Å². The molecule has 1 aromatic carbocycles. The van der Waals surface area contributed by atoms with Gasteiger partial charge in [-0.2, -0.15) is 0 Å². The fraction of sp³-hybridized carbons (Fsp3) is 0.467. The average Bonchev–Trinajstić information content (AvgIpc) is 2.42. The molecular weight excluding hydrogens is 228 g/mol. The van der Waals surface area contributed by atoms with Crippen molar-refractivity contribution in [1.82, 2.24) is 0 Å². The molecule has 0 bridgehead atoms. The second-order valence-electron chi connectivity index (χ2n) is 4.35. The first-order valence-electron chi connectivity index (χ1n) is 6.21. The zero-order valence-electron chi connectivity index (χ0n) is 11.1. The number of rotatable bonds is 8. The zero-order valence-corrected chi connectivity index (χ0v) is 11.1. The fourth-order valence-corrected chi connectivity index (χ4v) is 1.57. The van der Waals surface area contributed by atoms with Crippen molar-refractivity contribution in [3.8, 4) is 5.75 Å². The van der Waals surface area contributed by atoms with Crippen LogP contribution in [0.15, 0.2) is 36.9 Å². The molecule has 3 heteroatoms. The lowest BCUT2D eigenvalue weighted by Crippen LogP contribution is -2.12. The van der Waals surface area contributed by atoms with Gasteiger partial charge in [-0.3, -0.25) is 0 Å². The Morgan fingerprint density at radius 1 is 1.28 bits per heavy atom. The standard InChI is InChI=1S/C15H22O3/c1-4-14(16)8-5-12(2)18-11-13-6-9-15(17-3)10-7-13/h4,6-7,9-10,12,14,16H,1,5,8,11H2,2-3H3/t12-,14+/m0/s1. The minimum absolute atomic E-state index is 0.127. The molecule has 1 N–H and O–H groups in total. The summed E-state index contributed by atoms with van der Waals surface area (Å²) in [7, 11) is 1.65. The Morgan fingerprint density at radius 3 is 2.50 bits per heavy atom. The van der Waals surface area contributed by atoms with Crippen LogP contribution in [0, 0.1) is 0 Å². The molecule has 18 heavy (non-hydrogen) atoms. The van der Waals surface area contributed by atoms with Crippen LogP contribution < -0.4 is 4.74 Å². The largest absolute Gasteiger partial charge is 0.497 e. The van der Waals surface area contributed by atoms with Gasteiger partial charge in [0.15, 0.2) is 0 Å². The van der Waals surface area contributed by atoms with E-state index in [0.717, 1.165) is 17.7 Å². The molecule has 1 rings (SSSR count). The Bertz CT molecular complexity index is 345. The maximum atomic E-state index is 9.36. The minimum Gasteiger partial charge on any atom is -0.497 e. The number of hydrogen-bond donors (Lipinski definition) is 1. The van der Waals surface area contributed by atoms with Crippen LogP contribution in [-0.4, -0.2) is 24.4 Å². The van der Waals surface area contributed by atoms with Crippen LogP contribution in [0.2, 0.25) is 0 Å². The molecule has 100 valence electrons. The van der Waals surface area contributed by atoms with Gasteiger partial charge < -0.3 is 14.6 Å². The van der Waals surface area contributed by atoms with Gasteiger partial charge in [0.1, 0.15) is 5.75 Å². The lowest BCUT2D eigenvalue weighted by Gasteiger charge is -2.14. The van der Waals surface area contributed by atoms with Gasteiger partial charge in [-0.1, -0.05) is 18.2 Å². The van der Waals surface area contributed by atoms with Crippen LogP contribution in [-0.2, 0) is 11.3 Å². The van der Waals surface area contributed by atoms with Crippen LogP contribution in [0.3, 0.4) is 0 Å². The molecule has 0 fully saturated rings. The molecule has 2 atom stereocenters. The van der Waals surface area contributed by atoms with Crippen molar-refractivity contribution in [2.45, 2.75) is 38.6 Å². The molecule has 0 saturated carbocycles. The number of hydrogen-bond acceptors (Lipinski definition) is 3. The average molecular weight is 250 g/mol. The summed E-state index contributed by atoms with van der Waals surface area (Å²) in [5, 5.41) is 9.36. The van der Waals surface area contributed by atoms with Crippen molar-refractivity contribution in [2.75, 3.05) is 7.11 Å². The first-order valence-corrected chi connectivity index (χ1v) is 6.21. The maximum absolute atomic E-state index is 9.36. The Labute approximate surface area is 109 Å². The van der Waals surface area contributed by atoms with Crippen LogP contribution in [0.4, 0.5) is 0 Å². The van der Waals surface area contributed by atoms with Crippen LogP contribution in [0.1, 0.15) is 25.3 Å². The predicted molar refractivity (Wildman–Crippen MR) is 72.7 cm³/mol. The summed E-state index contributed by atoms with van der Waals surface area (Å²) in [6.07, 6.45) is 2.76. The first kappa shape index (κ1) is 14.7.